The second-order valence-corrected chi connectivity index (χ2v) is 1.35. The van der Waals surface area contributed by atoms with Gasteiger partial charge in [0.2, 0.25) is 0 Å². The van der Waals surface area contributed by atoms with E-state index in [9.17, 15) is 0 Å². The van der Waals surface area contributed by atoms with E-state index in [0.717, 1.165) is 0 Å². The maximum atomic E-state index is 2.21. The zero-order valence-corrected chi connectivity index (χ0v) is 8.51. The van der Waals surface area contributed by atoms with Gasteiger partial charge in [-0.15, -0.1) is 0 Å². The van der Waals surface area contributed by atoms with Gasteiger partial charge in [0.05, 0.1) is 0 Å². The van der Waals surface area contributed by atoms with E-state index in [0.29, 0.717) is 0 Å². The average molecular weight is 279 g/mol. The molecule has 0 amide bonds. The van der Waals surface area contributed by atoms with Gasteiger partial charge < -0.3 is 0 Å². The van der Waals surface area contributed by atoms with Crippen LogP contribution in [0.1, 0.15) is 33.1 Å². The fourth-order valence-electron chi connectivity index (χ4n) is 0.354. The summed E-state index contributed by atoms with van der Waals surface area (Å²) in [6.07, 6.45) is 4.08. The molecule has 0 unspecified atom stereocenters. The van der Waals surface area contributed by atoms with Crippen molar-refractivity contribution in [3.8, 4) is 0 Å². The second-order valence-electron chi connectivity index (χ2n) is 1.35. The van der Waals surface area contributed by atoms with Gasteiger partial charge in [0.25, 0.3) is 0 Å². The van der Waals surface area contributed by atoms with Crippen molar-refractivity contribution in [3.05, 3.63) is 0 Å². The summed E-state index contributed by atoms with van der Waals surface area (Å²) in [5.74, 6) is 0. The molecule has 0 rings (SSSR count). The Labute approximate surface area is 60.5 Å². The molecule has 1 heteroatoms. The van der Waals surface area contributed by atoms with Crippen LogP contribution < -0.4 is 0 Å². The molecule has 0 aliphatic rings. The van der Waals surface area contributed by atoms with E-state index in [1.54, 1.807) is 0 Å². The van der Waals surface area contributed by atoms with E-state index in [2.05, 4.69) is 13.8 Å². The van der Waals surface area contributed by atoms with E-state index < -0.39 is 0 Å². The van der Waals surface area contributed by atoms with Crippen LogP contribution in [0, 0.1) is 0 Å². The van der Waals surface area contributed by atoms with Crippen molar-refractivity contribution in [2.45, 2.75) is 33.1 Å². The Morgan fingerprint density at radius 1 is 1.00 bits per heavy atom. The normalized spacial score (nSPS) is 7.00. The first kappa shape index (κ1) is 10.0. The Hall–Kier alpha value is 0.922. The fourth-order valence-corrected chi connectivity index (χ4v) is 0.354. The summed E-state index contributed by atoms with van der Waals surface area (Å²) in [7, 11) is 0. The summed E-state index contributed by atoms with van der Waals surface area (Å²) in [4.78, 5) is 0. The Bertz CT molecular complexity index is 11.4. The minimum absolute atomic E-state index is 0. The van der Waals surface area contributed by atoms with Crippen LogP contribution in [0.25, 0.3) is 0 Å². The molecule has 0 aromatic carbocycles. The molecule has 4 radical (unpaired) electrons. The van der Waals surface area contributed by atoms with Crippen LogP contribution in [0.3, 0.4) is 0 Å². The summed E-state index contributed by atoms with van der Waals surface area (Å²) in [6.45, 7) is 4.42. The molecule has 0 fully saturated rings. The molecule has 6 heavy (non-hydrogen) atoms. The van der Waals surface area contributed by atoms with Crippen molar-refractivity contribution >= 4 is 27.3 Å². The molecular formula is C5H12Pb. The quantitative estimate of drug-likeness (QED) is 0.676. The van der Waals surface area contributed by atoms with Crippen LogP contribution in [0.5, 0.6) is 0 Å². The van der Waals surface area contributed by atoms with Gasteiger partial charge in [-0.1, -0.05) is 33.1 Å². The molecule has 0 saturated heterocycles. The van der Waals surface area contributed by atoms with Crippen molar-refractivity contribution in [1.29, 1.82) is 0 Å². The van der Waals surface area contributed by atoms with Gasteiger partial charge in [0.15, 0.2) is 0 Å². The monoisotopic (exact) mass is 280 g/mol. The molecule has 0 aliphatic heterocycles. The molecule has 0 heterocycles. The van der Waals surface area contributed by atoms with Crippen LogP contribution in [0.15, 0.2) is 0 Å². The molecular weight excluding hydrogens is 267 g/mol. The molecule has 0 aromatic rings. The number of unbranched alkanes of at least 4 members (excludes halogenated alkanes) is 2. The Morgan fingerprint density at radius 3 is 1.33 bits per heavy atom. The Kier molecular flexibility index (Phi) is 15.6. The van der Waals surface area contributed by atoms with Crippen molar-refractivity contribution < 1.29 is 0 Å². The molecule has 0 atom stereocenters. The van der Waals surface area contributed by atoms with E-state index in [1.807, 2.05) is 0 Å². The van der Waals surface area contributed by atoms with Crippen LogP contribution in [0.2, 0.25) is 0 Å². The van der Waals surface area contributed by atoms with Crippen molar-refractivity contribution in [2.24, 2.45) is 0 Å². The first-order chi connectivity index (χ1) is 2.41. The minimum atomic E-state index is 0. The zero-order valence-electron chi connectivity index (χ0n) is 4.62. The summed E-state index contributed by atoms with van der Waals surface area (Å²) < 4.78 is 0. The SMILES string of the molecule is CCCCC.[Pb]. The zero-order chi connectivity index (χ0) is 4.12. The first-order valence-corrected chi connectivity index (χ1v) is 2.41. The minimum Gasteiger partial charge on any atom is -0.0654 e. The Morgan fingerprint density at radius 2 is 1.33 bits per heavy atom. The predicted molar refractivity (Wildman–Crippen MR) is 31.0 cm³/mol. The van der Waals surface area contributed by atoms with Crippen LogP contribution in [0.4, 0.5) is 0 Å². The van der Waals surface area contributed by atoms with Crippen molar-refractivity contribution in [3.63, 3.8) is 0 Å². The van der Waals surface area contributed by atoms with Gasteiger partial charge in [0.1, 0.15) is 0 Å². The van der Waals surface area contributed by atoms with Gasteiger partial charge in [0, 0.05) is 27.3 Å². The number of hydrogen-bond donors (Lipinski definition) is 0. The Balaban J connectivity index is 0. The summed E-state index contributed by atoms with van der Waals surface area (Å²) in [6, 6.07) is 0. The fraction of sp³-hybridized carbons (Fsp3) is 1.00. The van der Waals surface area contributed by atoms with Crippen LogP contribution in [-0.2, 0) is 0 Å². The number of rotatable bonds is 2. The smallest absolute Gasteiger partial charge is 0 e. The summed E-state index contributed by atoms with van der Waals surface area (Å²) >= 11 is 0. The standard InChI is InChI=1S/C5H12.Pb/c1-3-5-4-2;/h3-5H2,1-2H3;. The maximum Gasteiger partial charge on any atom is 0 e. The summed E-state index contributed by atoms with van der Waals surface area (Å²) in [5, 5.41) is 0. The second kappa shape index (κ2) is 9.33. The molecule has 36 valence electrons. The largest absolute Gasteiger partial charge is 0.0654 e. The molecule has 0 spiro atoms. The third-order valence-corrected chi connectivity index (χ3v) is 0.707. The van der Waals surface area contributed by atoms with E-state index in [4.69, 9.17) is 0 Å². The molecule has 0 N–H and O–H groups in total. The molecule has 0 aromatic heterocycles. The molecule has 0 nitrogen and oxygen atoms in total. The van der Waals surface area contributed by atoms with Gasteiger partial charge in [-0.2, -0.15) is 0 Å². The van der Waals surface area contributed by atoms with Gasteiger partial charge >= 0.3 is 0 Å². The summed E-state index contributed by atoms with van der Waals surface area (Å²) in [5.41, 5.74) is 0. The maximum absolute atomic E-state index is 2.21. The molecule has 0 aliphatic carbocycles. The van der Waals surface area contributed by atoms with Gasteiger partial charge in [-0.25, -0.2) is 0 Å². The third-order valence-electron chi connectivity index (χ3n) is 0.707. The van der Waals surface area contributed by atoms with Crippen LogP contribution >= 0.6 is 0 Å². The predicted octanol–water partition coefficient (Wildman–Crippen LogP) is 1.82. The van der Waals surface area contributed by atoms with Crippen LogP contribution in [-0.4, -0.2) is 27.3 Å². The molecule has 0 saturated carbocycles. The topological polar surface area (TPSA) is 0 Å². The van der Waals surface area contributed by atoms with E-state index in [1.165, 1.54) is 19.3 Å². The average Bonchev–Trinajstić information content (AvgIpc) is 1.41. The van der Waals surface area contributed by atoms with E-state index >= 15 is 0 Å². The first-order valence-electron chi connectivity index (χ1n) is 2.41. The number of hydrogen-bond acceptors (Lipinski definition) is 0. The van der Waals surface area contributed by atoms with Gasteiger partial charge in [-0.05, 0) is 0 Å². The van der Waals surface area contributed by atoms with Crippen molar-refractivity contribution in [2.75, 3.05) is 0 Å². The van der Waals surface area contributed by atoms with Gasteiger partial charge in [-0.3, -0.25) is 0 Å². The van der Waals surface area contributed by atoms with E-state index in [-0.39, 0.29) is 27.3 Å². The third kappa shape index (κ3) is 8.87. The molecule has 0 bridgehead atoms. The van der Waals surface area contributed by atoms with Crippen molar-refractivity contribution in [1.82, 2.24) is 0 Å².